The number of halogens is 2. The van der Waals surface area contributed by atoms with E-state index in [0.717, 1.165) is 24.8 Å². The van der Waals surface area contributed by atoms with Crippen molar-refractivity contribution in [2.75, 3.05) is 20.1 Å². The molecular weight excluding hydrogens is 522 g/mol. The van der Waals surface area contributed by atoms with Crippen molar-refractivity contribution < 1.29 is 33.1 Å². The summed E-state index contributed by atoms with van der Waals surface area (Å²) in [5, 5.41) is 11.8. The Labute approximate surface area is 233 Å². The van der Waals surface area contributed by atoms with Gasteiger partial charge < -0.3 is 25.1 Å². The number of rotatable bonds is 3. The van der Waals surface area contributed by atoms with Gasteiger partial charge in [0.1, 0.15) is 11.9 Å². The average Bonchev–Trinajstić information content (AvgIpc) is 3.54. The molecule has 0 saturated carbocycles. The van der Waals surface area contributed by atoms with Crippen LogP contribution in [0.1, 0.15) is 63.0 Å². The zero-order valence-electron chi connectivity index (χ0n) is 23.1. The van der Waals surface area contributed by atoms with Gasteiger partial charge in [0.25, 0.3) is 5.79 Å². The summed E-state index contributed by atoms with van der Waals surface area (Å²) < 4.78 is 29.9. The molecule has 1 saturated heterocycles. The van der Waals surface area contributed by atoms with Gasteiger partial charge in [-0.05, 0) is 43.2 Å². The number of fused-ring (bicyclic) bond motifs is 2. The van der Waals surface area contributed by atoms with Crippen LogP contribution in [0.25, 0.3) is 0 Å². The standard InChI is InChI=1S/C29H38F2N4O5/c1-19-10-7-5-3-4-6-8-13-25(36)35-16-20(14-24(35)26(37)32-29(19,31)27(38)39)15-33(2)28(40)34-17-21-11-9-12-23(30)22(21)18-34/h7,9-12,19-20,24H,3-6,8,13-18H2,1-2H3,(H,32,37)(H,38,39)/b10-7-/t19?,20-,24-,29+/m0/s1. The lowest BCUT2D eigenvalue weighted by Gasteiger charge is -2.30. The number of carbonyl (C=O) groups is 4. The van der Waals surface area contributed by atoms with Crippen LogP contribution in [-0.2, 0) is 27.5 Å². The van der Waals surface area contributed by atoms with E-state index in [0.29, 0.717) is 18.4 Å². The summed E-state index contributed by atoms with van der Waals surface area (Å²) in [6.07, 6.45) is 7.45. The van der Waals surface area contributed by atoms with E-state index in [9.17, 15) is 28.7 Å². The van der Waals surface area contributed by atoms with Crippen LogP contribution in [0.3, 0.4) is 0 Å². The molecule has 3 heterocycles. The van der Waals surface area contributed by atoms with Crippen molar-refractivity contribution in [3.8, 4) is 0 Å². The van der Waals surface area contributed by atoms with Crippen LogP contribution in [0.5, 0.6) is 0 Å². The van der Waals surface area contributed by atoms with Crippen LogP contribution in [0, 0.1) is 17.7 Å². The predicted octanol–water partition coefficient (Wildman–Crippen LogP) is 3.82. The molecule has 0 aromatic heterocycles. The Balaban J connectivity index is 1.48. The number of nitrogens with one attached hydrogen (secondary N) is 1. The molecule has 3 aliphatic rings. The number of nitrogens with zero attached hydrogens (tertiary/aromatic N) is 3. The van der Waals surface area contributed by atoms with Gasteiger partial charge >= 0.3 is 12.0 Å². The van der Waals surface area contributed by atoms with Gasteiger partial charge in [0, 0.05) is 44.6 Å². The number of urea groups is 1. The molecule has 0 radical (unpaired) electrons. The van der Waals surface area contributed by atoms with E-state index in [1.807, 2.05) is 0 Å². The van der Waals surface area contributed by atoms with Crippen molar-refractivity contribution in [1.29, 1.82) is 0 Å². The number of hydrogen-bond acceptors (Lipinski definition) is 4. The third-order valence-corrected chi connectivity index (χ3v) is 8.25. The summed E-state index contributed by atoms with van der Waals surface area (Å²) in [6, 6.07) is 3.41. The number of carbonyl (C=O) groups excluding carboxylic acids is 3. The fourth-order valence-corrected chi connectivity index (χ4v) is 5.90. The zero-order chi connectivity index (χ0) is 29.0. The third-order valence-electron chi connectivity index (χ3n) is 8.25. The van der Waals surface area contributed by atoms with Crippen LogP contribution in [0.2, 0.25) is 0 Å². The monoisotopic (exact) mass is 560 g/mol. The van der Waals surface area contributed by atoms with Gasteiger partial charge in [-0.25, -0.2) is 18.4 Å². The number of alkyl halides is 1. The number of allylic oxidation sites excluding steroid dienone is 1. The molecule has 0 aliphatic carbocycles. The predicted molar refractivity (Wildman–Crippen MR) is 143 cm³/mol. The molecule has 11 heteroatoms. The molecule has 1 fully saturated rings. The van der Waals surface area contributed by atoms with Gasteiger partial charge in [0.2, 0.25) is 11.8 Å². The second-order valence-corrected chi connectivity index (χ2v) is 11.2. The van der Waals surface area contributed by atoms with Crippen molar-refractivity contribution in [2.45, 2.75) is 76.8 Å². The van der Waals surface area contributed by atoms with E-state index in [4.69, 9.17) is 0 Å². The maximum atomic E-state index is 15.7. The first-order chi connectivity index (χ1) is 19.0. The third kappa shape index (κ3) is 6.28. The van der Waals surface area contributed by atoms with Crippen molar-refractivity contribution in [1.82, 2.24) is 20.0 Å². The molecule has 40 heavy (non-hydrogen) atoms. The van der Waals surface area contributed by atoms with E-state index < -0.39 is 29.6 Å². The largest absolute Gasteiger partial charge is 0.477 e. The highest BCUT2D eigenvalue weighted by Gasteiger charge is 2.48. The fourth-order valence-electron chi connectivity index (χ4n) is 5.90. The molecule has 1 unspecified atom stereocenters. The molecule has 4 rings (SSSR count). The highest BCUT2D eigenvalue weighted by molar-refractivity contribution is 5.92. The number of hydrogen-bond donors (Lipinski definition) is 2. The zero-order valence-corrected chi connectivity index (χ0v) is 23.1. The minimum atomic E-state index is -3.03. The topological polar surface area (TPSA) is 110 Å². The summed E-state index contributed by atoms with van der Waals surface area (Å²) in [5.41, 5.74) is 1.25. The molecule has 1 aromatic rings. The Hall–Kier alpha value is -3.50. The Kier molecular flexibility index (Phi) is 9.10. The van der Waals surface area contributed by atoms with Crippen LogP contribution in [0.4, 0.5) is 13.6 Å². The highest BCUT2D eigenvalue weighted by Crippen LogP contribution is 2.30. The lowest BCUT2D eigenvalue weighted by Crippen LogP contribution is -2.59. The maximum absolute atomic E-state index is 15.7. The normalized spacial score (nSPS) is 28.6. The first kappa shape index (κ1) is 29.5. The number of benzene rings is 1. The summed E-state index contributed by atoms with van der Waals surface area (Å²) >= 11 is 0. The first-order valence-corrected chi connectivity index (χ1v) is 14.0. The molecule has 3 aliphatic heterocycles. The van der Waals surface area contributed by atoms with Crippen LogP contribution in [-0.4, -0.2) is 75.6 Å². The van der Waals surface area contributed by atoms with Crippen LogP contribution >= 0.6 is 0 Å². The van der Waals surface area contributed by atoms with E-state index in [1.54, 1.807) is 30.2 Å². The van der Waals surface area contributed by atoms with E-state index in [2.05, 4.69) is 5.32 Å². The number of carboxylic acid groups (broad SMARTS) is 1. The molecule has 218 valence electrons. The Morgan fingerprint density at radius 3 is 2.65 bits per heavy atom. The first-order valence-electron chi connectivity index (χ1n) is 14.0. The Morgan fingerprint density at radius 2 is 1.93 bits per heavy atom. The number of carboxylic acids is 1. The maximum Gasteiger partial charge on any atom is 0.363 e. The summed E-state index contributed by atoms with van der Waals surface area (Å²) in [7, 11) is 1.62. The fraction of sp³-hybridized carbons (Fsp3) is 0.586. The molecule has 1 aromatic carbocycles. The number of amides is 4. The molecule has 2 N–H and O–H groups in total. The average molecular weight is 561 g/mol. The Bertz CT molecular complexity index is 1180. The molecule has 9 nitrogen and oxygen atoms in total. The van der Waals surface area contributed by atoms with Gasteiger partial charge in [0.15, 0.2) is 0 Å². The van der Waals surface area contributed by atoms with Crippen LogP contribution in [0.15, 0.2) is 30.4 Å². The minimum absolute atomic E-state index is 0.157. The summed E-state index contributed by atoms with van der Waals surface area (Å²) in [4.78, 5) is 56.0. The van der Waals surface area contributed by atoms with Crippen molar-refractivity contribution >= 4 is 23.8 Å². The quantitative estimate of drug-likeness (QED) is 0.432. The lowest BCUT2D eigenvalue weighted by molar-refractivity contribution is -0.160. The molecule has 4 amide bonds. The molecule has 4 atom stereocenters. The Morgan fingerprint density at radius 1 is 1.18 bits per heavy atom. The summed E-state index contributed by atoms with van der Waals surface area (Å²) in [6.45, 7) is 2.25. The molecular formula is C29H38F2N4O5. The van der Waals surface area contributed by atoms with E-state index in [1.165, 1.54) is 28.9 Å². The highest BCUT2D eigenvalue weighted by atomic mass is 19.1. The molecule has 0 spiro atoms. The second kappa shape index (κ2) is 12.3. The van der Waals surface area contributed by atoms with E-state index in [-0.39, 0.29) is 62.7 Å². The van der Waals surface area contributed by atoms with Crippen molar-refractivity contribution in [2.24, 2.45) is 11.8 Å². The second-order valence-electron chi connectivity index (χ2n) is 11.2. The smallest absolute Gasteiger partial charge is 0.363 e. The van der Waals surface area contributed by atoms with Gasteiger partial charge in [-0.15, -0.1) is 0 Å². The summed E-state index contributed by atoms with van der Waals surface area (Å²) in [5.74, 6) is -7.71. The van der Waals surface area contributed by atoms with Crippen molar-refractivity contribution in [3.05, 3.63) is 47.3 Å². The van der Waals surface area contributed by atoms with Gasteiger partial charge in [-0.2, -0.15) is 0 Å². The minimum Gasteiger partial charge on any atom is -0.477 e. The van der Waals surface area contributed by atoms with E-state index >= 15 is 4.39 Å². The van der Waals surface area contributed by atoms with Gasteiger partial charge in [0.05, 0.1) is 6.54 Å². The molecule has 0 bridgehead atoms. The van der Waals surface area contributed by atoms with Gasteiger partial charge in [-0.3, -0.25) is 9.59 Å². The van der Waals surface area contributed by atoms with Crippen LogP contribution < -0.4 is 5.32 Å². The lowest BCUT2D eigenvalue weighted by atomic mass is 9.96. The number of aliphatic carboxylic acids is 1. The van der Waals surface area contributed by atoms with Gasteiger partial charge in [-0.1, -0.05) is 44.1 Å². The van der Waals surface area contributed by atoms with Crippen molar-refractivity contribution in [3.63, 3.8) is 0 Å². The SMILES string of the molecule is CC1/C=C\CCCCCCC(=O)N2C[C@H](CN(C)C(=O)N3Cc4cccc(F)c4C3)C[C@H]2C(=O)N[C@@]1(F)C(=O)O.